The molecule has 1 unspecified atom stereocenters. The van der Waals surface area contributed by atoms with Crippen molar-refractivity contribution in [2.24, 2.45) is 0 Å². The zero-order valence-corrected chi connectivity index (χ0v) is 19.8. The Morgan fingerprint density at radius 3 is 2.06 bits per heavy atom. The third kappa shape index (κ3) is 4.97. The van der Waals surface area contributed by atoms with Gasteiger partial charge in [0.15, 0.2) is 0 Å². The molecule has 0 radical (unpaired) electrons. The van der Waals surface area contributed by atoms with Gasteiger partial charge >= 0.3 is 5.97 Å². The Morgan fingerprint density at radius 1 is 0.818 bits per heavy atom. The minimum absolute atomic E-state index is 0.124. The Balaban J connectivity index is 1.58. The van der Waals surface area contributed by atoms with Crippen LogP contribution in [0.1, 0.15) is 58.3 Å². The quantitative estimate of drug-likeness (QED) is 0.186. The van der Waals surface area contributed by atoms with Crippen molar-refractivity contribution >= 4 is 48.3 Å². The van der Waals surface area contributed by atoms with Gasteiger partial charge in [0.05, 0.1) is 4.90 Å². The van der Waals surface area contributed by atoms with Gasteiger partial charge in [-0.25, -0.2) is 8.42 Å². The Bertz CT molecular complexity index is 1350. The lowest BCUT2D eigenvalue weighted by Crippen LogP contribution is -2.40. The summed E-state index contributed by atoms with van der Waals surface area (Å²) in [5.41, 5.74) is 0. The monoisotopic (exact) mass is 465 g/mol. The fourth-order valence-electron chi connectivity index (χ4n) is 4.73. The fourth-order valence-corrected chi connectivity index (χ4v) is 6.16. The van der Waals surface area contributed by atoms with Crippen LogP contribution in [0.25, 0.3) is 32.3 Å². The molecule has 0 saturated carbocycles. The molecule has 1 atom stereocenters. The van der Waals surface area contributed by atoms with Crippen molar-refractivity contribution < 1.29 is 18.3 Å². The molecule has 4 rings (SSSR count). The van der Waals surface area contributed by atoms with Gasteiger partial charge < -0.3 is 5.11 Å². The topological polar surface area (TPSA) is 83.5 Å². The van der Waals surface area contributed by atoms with Crippen molar-refractivity contribution in [3.8, 4) is 0 Å². The number of carboxylic acids is 1. The standard InChI is InChI=1S/C27H31NO4S/c1-2-3-4-5-6-7-8-12-23(27(29)30)28-33(31,32)24-18-16-21-14-13-19-10-9-11-20-15-17-22(24)26(21)25(19)20/h9-11,13-18,23,28H,2-8,12H2,1H3,(H,29,30). The van der Waals surface area contributed by atoms with Crippen LogP contribution in [-0.2, 0) is 14.8 Å². The van der Waals surface area contributed by atoms with Gasteiger partial charge in [-0.2, -0.15) is 4.72 Å². The SMILES string of the molecule is CCCCCCCCCC(NS(=O)(=O)c1ccc2ccc3cccc4ccc1c2c34)C(=O)O. The van der Waals surface area contributed by atoms with Crippen molar-refractivity contribution in [2.75, 3.05) is 0 Å². The summed E-state index contributed by atoms with van der Waals surface area (Å²) in [6.45, 7) is 2.17. The van der Waals surface area contributed by atoms with E-state index < -0.39 is 22.0 Å². The summed E-state index contributed by atoms with van der Waals surface area (Å²) in [6.07, 6.45) is 7.67. The minimum atomic E-state index is -4.01. The maximum Gasteiger partial charge on any atom is 0.321 e. The summed E-state index contributed by atoms with van der Waals surface area (Å²) in [5, 5.41) is 15.3. The summed E-state index contributed by atoms with van der Waals surface area (Å²) < 4.78 is 29.1. The molecular formula is C27H31NO4S. The van der Waals surface area contributed by atoms with Crippen molar-refractivity contribution in [3.05, 3.63) is 54.6 Å². The van der Waals surface area contributed by atoms with Gasteiger partial charge in [0.1, 0.15) is 6.04 Å². The fraction of sp³-hybridized carbons (Fsp3) is 0.370. The average molecular weight is 466 g/mol. The van der Waals surface area contributed by atoms with Gasteiger partial charge in [0, 0.05) is 5.39 Å². The lowest BCUT2D eigenvalue weighted by Gasteiger charge is -2.17. The molecule has 0 amide bonds. The summed E-state index contributed by atoms with van der Waals surface area (Å²) in [7, 11) is -4.01. The van der Waals surface area contributed by atoms with E-state index in [0.717, 1.165) is 46.2 Å². The molecule has 0 fully saturated rings. The molecule has 4 aromatic carbocycles. The first-order valence-electron chi connectivity index (χ1n) is 11.8. The van der Waals surface area contributed by atoms with Crippen LogP contribution in [-0.4, -0.2) is 25.5 Å². The number of aliphatic carboxylic acids is 1. The summed E-state index contributed by atoms with van der Waals surface area (Å²) in [4.78, 5) is 11.9. The number of unbranched alkanes of at least 4 members (excludes halogenated alkanes) is 6. The molecule has 2 N–H and O–H groups in total. The predicted molar refractivity (Wildman–Crippen MR) is 135 cm³/mol. The zero-order valence-electron chi connectivity index (χ0n) is 19.0. The van der Waals surface area contributed by atoms with E-state index in [0.29, 0.717) is 11.8 Å². The van der Waals surface area contributed by atoms with Gasteiger partial charge in [-0.3, -0.25) is 4.79 Å². The predicted octanol–water partition coefficient (Wildman–Crippen LogP) is 6.46. The van der Waals surface area contributed by atoms with Crippen LogP contribution in [0.4, 0.5) is 0 Å². The first kappa shape index (κ1) is 23.5. The highest BCUT2D eigenvalue weighted by Crippen LogP contribution is 2.37. The molecule has 174 valence electrons. The van der Waals surface area contributed by atoms with Crippen LogP contribution in [0, 0.1) is 0 Å². The summed E-state index contributed by atoms with van der Waals surface area (Å²) >= 11 is 0. The normalized spacial score (nSPS) is 13.2. The van der Waals surface area contributed by atoms with E-state index in [1.807, 2.05) is 42.5 Å². The smallest absolute Gasteiger partial charge is 0.321 e. The number of sulfonamides is 1. The van der Waals surface area contributed by atoms with Crippen LogP contribution < -0.4 is 4.72 Å². The van der Waals surface area contributed by atoms with E-state index in [9.17, 15) is 18.3 Å². The molecule has 0 heterocycles. The molecule has 0 bridgehead atoms. The maximum absolute atomic E-state index is 13.3. The van der Waals surface area contributed by atoms with Crippen LogP contribution in [0.2, 0.25) is 0 Å². The second-order valence-corrected chi connectivity index (χ2v) is 10.5. The van der Waals surface area contributed by atoms with Gasteiger partial charge in [0.2, 0.25) is 10.0 Å². The highest BCUT2D eigenvalue weighted by molar-refractivity contribution is 7.89. The van der Waals surface area contributed by atoms with Gasteiger partial charge in [0.25, 0.3) is 0 Å². The highest BCUT2D eigenvalue weighted by atomic mass is 32.2. The number of nitrogens with one attached hydrogen (secondary N) is 1. The van der Waals surface area contributed by atoms with Crippen molar-refractivity contribution in [1.82, 2.24) is 4.72 Å². The van der Waals surface area contributed by atoms with Gasteiger partial charge in [-0.05, 0) is 39.4 Å². The second kappa shape index (κ2) is 10.1. The molecule has 0 saturated heterocycles. The Kier molecular flexibility index (Phi) is 7.15. The molecule has 6 heteroatoms. The van der Waals surface area contributed by atoms with Gasteiger partial charge in [-0.1, -0.05) is 100 Å². The van der Waals surface area contributed by atoms with Gasteiger partial charge in [-0.15, -0.1) is 0 Å². The zero-order chi connectivity index (χ0) is 23.4. The van der Waals surface area contributed by atoms with E-state index in [-0.39, 0.29) is 11.3 Å². The molecular weight excluding hydrogens is 434 g/mol. The Morgan fingerprint density at radius 2 is 1.39 bits per heavy atom. The van der Waals surface area contributed by atoms with Crippen molar-refractivity contribution in [2.45, 2.75) is 69.2 Å². The third-order valence-electron chi connectivity index (χ3n) is 6.47. The van der Waals surface area contributed by atoms with Crippen LogP contribution in [0.15, 0.2) is 59.5 Å². The number of carboxylic acid groups (broad SMARTS) is 1. The first-order chi connectivity index (χ1) is 15.9. The van der Waals surface area contributed by atoms with Crippen molar-refractivity contribution in [1.29, 1.82) is 0 Å². The molecule has 4 aromatic rings. The lowest BCUT2D eigenvalue weighted by molar-refractivity contribution is -0.139. The van der Waals surface area contributed by atoms with E-state index >= 15 is 0 Å². The molecule has 0 aromatic heterocycles. The lowest BCUT2D eigenvalue weighted by atomic mass is 9.94. The molecule has 0 aliphatic heterocycles. The highest BCUT2D eigenvalue weighted by Gasteiger charge is 2.27. The average Bonchev–Trinajstić information content (AvgIpc) is 2.81. The minimum Gasteiger partial charge on any atom is -0.480 e. The summed E-state index contributed by atoms with van der Waals surface area (Å²) in [6, 6.07) is 16.1. The number of carbonyl (C=O) groups is 1. The van der Waals surface area contributed by atoms with Crippen LogP contribution in [0.3, 0.4) is 0 Å². The Labute approximate surface area is 195 Å². The molecule has 5 nitrogen and oxygen atoms in total. The molecule has 33 heavy (non-hydrogen) atoms. The summed E-state index contributed by atoms with van der Waals surface area (Å²) in [5.74, 6) is -1.14. The van der Waals surface area contributed by atoms with Crippen LogP contribution >= 0.6 is 0 Å². The number of rotatable bonds is 12. The van der Waals surface area contributed by atoms with Crippen molar-refractivity contribution in [3.63, 3.8) is 0 Å². The third-order valence-corrected chi connectivity index (χ3v) is 8.00. The largest absolute Gasteiger partial charge is 0.480 e. The molecule has 0 aliphatic carbocycles. The Hall–Kier alpha value is -2.70. The van der Waals surface area contributed by atoms with E-state index in [4.69, 9.17) is 0 Å². The number of hydrogen-bond donors (Lipinski definition) is 2. The maximum atomic E-state index is 13.3. The number of hydrogen-bond acceptors (Lipinski definition) is 3. The second-order valence-electron chi connectivity index (χ2n) is 8.84. The van der Waals surface area contributed by atoms with E-state index in [2.05, 4.69) is 11.6 Å². The van der Waals surface area contributed by atoms with E-state index in [1.165, 1.54) is 19.3 Å². The first-order valence-corrected chi connectivity index (χ1v) is 13.3. The van der Waals surface area contributed by atoms with E-state index in [1.54, 1.807) is 12.1 Å². The van der Waals surface area contributed by atoms with Crippen LogP contribution in [0.5, 0.6) is 0 Å². The molecule has 0 spiro atoms. The molecule has 0 aliphatic rings. The number of benzene rings is 4.